The Morgan fingerprint density at radius 2 is 2.10 bits per heavy atom. The van der Waals surface area contributed by atoms with Crippen LogP contribution in [0.1, 0.15) is 36.1 Å². The molecule has 29 heavy (non-hydrogen) atoms. The Bertz CT molecular complexity index is 1030. The number of nitrogens with zero attached hydrogens (tertiary/aromatic N) is 1. The van der Waals surface area contributed by atoms with E-state index >= 15 is 0 Å². The number of halogens is 2. The normalized spacial score (nSPS) is 22.0. The summed E-state index contributed by atoms with van der Waals surface area (Å²) in [6.45, 7) is 1.71. The molecule has 0 amide bonds. The third-order valence-corrected chi connectivity index (χ3v) is 8.19. The second-order valence-corrected chi connectivity index (χ2v) is 10.3. The highest BCUT2D eigenvalue weighted by atomic mass is 35.5. The number of aromatic nitrogens is 2. The van der Waals surface area contributed by atoms with E-state index in [0.29, 0.717) is 22.8 Å². The summed E-state index contributed by atoms with van der Waals surface area (Å²) in [5.41, 5.74) is 3.84. The first-order chi connectivity index (χ1) is 14.0. The number of benzene rings is 1. The van der Waals surface area contributed by atoms with Crippen LogP contribution in [0.2, 0.25) is 0 Å². The summed E-state index contributed by atoms with van der Waals surface area (Å²) in [5, 5.41) is 2.36. The van der Waals surface area contributed by atoms with E-state index in [4.69, 9.17) is 28.2 Å². The minimum Gasteiger partial charge on any atom is -0.345 e. The molecule has 2 heterocycles. The van der Waals surface area contributed by atoms with E-state index in [-0.39, 0.29) is 22.8 Å². The predicted molar refractivity (Wildman–Crippen MR) is 121 cm³/mol. The van der Waals surface area contributed by atoms with E-state index in [9.17, 15) is 9.00 Å². The van der Waals surface area contributed by atoms with Gasteiger partial charge in [-0.25, -0.2) is 9.19 Å². The monoisotopic (exact) mass is 466 g/mol. The van der Waals surface area contributed by atoms with Crippen molar-refractivity contribution in [3.8, 4) is 0 Å². The Hall–Kier alpha value is -1.34. The van der Waals surface area contributed by atoms with Crippen molar-refractivity contribution < 1.29 is 9.00 Å². The summed E-state index contributed by atoms with van der Waals surface area (Å²) in [6.07, 6.45) is 3.69. The average Bonchev–Trinajstić information content (AvgIpc) is 3.37. The first-order valence-corrected chi connectivity index (χ1v) is 12.4. The van der Waals surface area contributed by atoms with E-state index in [1.807, 2.05) is 12.1 Å². The van der Waals surface area contributed by atoms with E-state index in [1.165, 1.54) is 0 Å². The summed E-state index contributed by atoms with van der Waals surface area (Å²) >= 11 is 15.1. The first kappa shape index (κ1) is 20.9. The highest BCUT2D eigenvalue weighted by molar-refractivity contribution is 8.02. The maximum atomic E-state index is 12.1. The number of rotatable bonds is 5. The van der Waals surface area contributed by atoms with Gasteiger partial charge in [-0.3, -0.25) is 4.79 Å². The molecule has 0 bridgehead atoms. The van der Waals surface area contributed by atoms with Crippen LogP contribution in [0, 0.1) is 5.92 Å². The summed E-state index contributed by atoms with van der Waals surface area (Å²) in [4.78, 5) is 20.3. The van der Waals surface area contributed by atoms with Crippen LogP contribution in [-0.2, 0) is 28.4 Å². The van der Waals surface area contributed by atoms with Crippen molar-refractivity contribution in [3.05, 3.63) is 64.1 Å². The zero-order chi connectivity index (χ0) is 20.5. The minimum atomic E-state index is -1.60. The van der Waals surface area contributed by atoms with Gasteiger partial charge in [0.2, 0.25) is 5.12 Å². The molecule has 1 aromatic carbocycles. The number of hydrogen-bond acceptors (Lipinski definition) is 4. The Morgan fingerprint density at radius 1 is 1.34 bits per heavy atom. The van der Waals surface area contributed by atoms with Gasteiger partial charge in [0.1, 0.15) is 22.3 Å². The molecule has 0 fully saturated rings. The first-order valence-electron chi connectivity index (χ1n) is 9.41. The van der Waals surface area contributed by atoms with Gasteiger partial charge >= 0.3 is 0 Å². The van der Waals surface area contributed by atoms with E-state index in [2.05, 4.69) is 16.5 Å². The highest BCUT2D eigenvalue weighted by Crippen LogP contribution is 2.42. The molecule has 1 aromatic heterocycles. The van der Waals surface area contributed by atoms with Gasteiger partial charge in [-0.05, 0) is 28.7 Å². The van der Waals surface area contributed by atoms with Gasteiger partial charge in [-0.1, -0.05) is 36.7 Å². The van der Waals surface area contributed by atoms with Crippen molar-refractivity contribution in [1.82, 2.24) is 9.97 Å². The number of alkyl halides is 1. The van der Waals surface area contributed by atoms with Crippen LogP contribution in [0.25, 0.3) is 5.03 Å². The number of carbonyl (C=O) groups excluding carboxylic acids is 1. The van der Waals surface area contributed by atoms with Crippen molar-refractivity contribution in [2.75, 3.05) is 5.75 Å². The van der Waals surface area contributed by atoms with Gasteiger partial charge in [0.25, 0.3) is 0 Å². The molecular formula is C21H20Cl2N2O2S2. The molecule has 8 heteroatoms. The molecule has 3 unspecified atom stereocenters. The molecule has 2 aromatic rings. The topological polar surface area (TPSA) is 62.8 Å². The van der Waals surface area contributed by atoms with Crippen LogP contribution in [0.15, 0.2) is 46.2 Å². The van der Waals surface area contributed by atoms with Gasteiger partial charge in [-0.15, -0.1) is 23.4 Å². The quantitative estimate of drug-likeness (QED) is 0.627. The number of hydrogen-bond donors (Lipinski definition) is 1. The summed E-state index contributed by atoms with van der Waals surface area (Å²) in [6, 6.07) is 7.24. The minimum absolute atomic E-state index is 0.137. The van der Waals surface area contributed by atoms with Crippen LogP contribution in [0.5, 0.6) is 0 Å². The number of fused-ring (bicyclic) bond motifs is 1. The Labute approximate surface area is 186 Å². The molecule has 2 aliphatic rings. The molecule has 152 valence electrons. The number of H-pyrrole nitrogens is 1. The van der Waals surface area contributed by atoms with Crippen molar-refractivity contribution in [2.45, 2.75) is 36.5 Å². The Morgan fingerprint density at radius 3 is 2.76 bits per heavy atom. The molecule has 1 N–H and O–H groups in total. The number of aromatic amines is 1. The summed E-state index contributed by atoms with van der Waals surface area (Å²) in [5.74, 6) is 2.05. The maximum Gasteiger partial charge on any atom is 0.223 e. The van der Waals surface area contributed by atoms with Crippen LogP contribution < -0.4 is 0 Å². The summed E-state index contributed by atoms with van der Waals surface area (Å²) in [7, 11) is -1.60. The molecule has 0 radical (unpaired) electrons. The van der Waals surface area contributed by atoms with Crippen molar-refractivity contribution in [2.24, 2.45) is 5.92 Å². The van der Waals surface area contributed by atoms with E-state index in [1.54, 1.807) is 30.8 Å². The molecular weight excluding hydrogens is 447 g/mol. The SMILES string of the molecule is CCC(=O)S(=O)c1ccc(Cc2nc3c([nH]2)CC(Cl)C(C2C=CSC2)=C3Cl)cc1. The highest BCUT2D eigenvalue weighted by Gasteiger charge is 2.32. The second kappa shape index (κ2) is 8.80. The smallest absolute Gasteiger partial charge is 0.223 e. The van der Waals surface area contributed by atoms with Gasteiger partial charge in [-0.2, -0.15) is 0 Å². The van der Waals surface area contributed by atoms with Gasteiger partial charge in [0, 0.05) is 41.5 Å². The molecule has 0 saturated carbocycles. The standard InChI is InChI=1S/C21H20Cl2N2O2S2/c1-2-18(26)29(27)14-5-3-12(4-6-14)9-17-24-16-10-15(22)19(13-7-8-28-11-13)20(23)21(16)25-17/h3-8,13,15H,2,9-11H2,1H3,(H,24,25). The Kier molecular flexibility index (Phi) is 6.35. The molecule has 0 saturated heterocycles. The predicted octanol–water partition coefficient (Wildman–Crippen LogP) is 5.03. The van der Waals surface area contributed by atoms with E-state index in [0.717, 1.165) is 34.1 Å². The lowest BCUT2D eigenvalue weighted by Gasteiger charge is -2.24. The van der Waals surface area contributed by atoms with Gasteiger partial charge < -0.3 is 4.98 Å². The maximum absolute atomic E-state index is 12.1. The van der Waals surface area contributed by atoms with Gasteiger partial charge in [0.15, 0.2) is 0 Å². The second-order valence-electron chi connectivity index (χ2n) is 7.04. The average molecular weight is 467 g/mol. The largest absolute Gasteiger partial charge is 0.345 e. The lowest BCUT2D eigenvalue weighted by atomic mass is 9.90. The van der Waals surface area contributed by atoms with Crippen LogP contribution in [0.4, 0.5) is 0 Å². The number of imidazole rings is 1. The number of nitrogens with one attached hydrogen (secondary N) is 1. The fraction of sp³-hybridized carbons (Fsp3) is 0.333. The molecule has 0 spiro atoms. The van der Waals surface area contributed by atoms with Crippen molar-refractivity contribution >= 4 is 55.9 Å². The summed E-state index contributed by atoms with van der Waals surface area (Å²) < 4.78 is 12.1. The number of carbonyl (C=O) groups is 1. The zero-order valence-corrected chi connectivity index (χ0v) is 18.9. The fourth-order valence-corrected chi connectivity index (χ4v) is 6.31. The third kappa shape index (κ3) is 4.26. The molecule has 1 aliphatic heterocycles. The molecule has 4 nitrogen and oxygen atoms in total. The lowest BCUT2D eigenvalue weighted by molar-refractivity contribution is -0.111. The third-order valence-electron chi connectivity index (χ3n) is 5.10. The van der Waals surface area contributed by atoms with Crippen LogP contribution in [0.3, 0.4) is 0 Å². The molecule has 1 aliphatic carbocycles. The van der Waals surface area contributed by atoms with Crippen LogP contribution in [-0.4, -0.2) is 30.4 Å². The molecule has 4 rings (SSSR count). The number of allylic oxidation sites excluding steroid dienone is 2. The zero-order valence-electron chi connectivity index (χ0n) is 15.8. The Balaban J connectivity index is 1.55. The van der Waals surface area contributed by atoms with Crippen molar-refractivity contribution in [1.29, 1.82) is 0 Å². The van der Waals surface area contributed by atoms with E-state index < -0.39 is 10.8 Å². The number of thioether (sulfide) groups is 1. The lowest BCUT2D eigenvalue weighted by Crippen LogP contribution is -2.20. The molecule has 3 atom stereocenters. The fourth-order valence-electron chi connectivity index (χ4n) is 3.58. The van der Waals surface area contributed by atoms with Crippen LogP contribution >= 0.6 is 35.0 Å². The van der Waals surface area contributed by atoms with Gasteiger partial charge in [0.05, 0.1) is 10.4 Å². The van der Waals surface area contributed by atoms with Crippen molar-refractivity contribution in [3.63, 3.8) is 0 Å².